The van der Waals surface area contributed by atoms with Crippen LogP contribution in [0, 0.1) is 12.8 Å². The summed E-state index contributed by atoms with van der Waals surface area (Å²) in [6.07, 6.45) is 7.99. The molecule has 8 nitrogen and oxygen atoms in total. The Labute approximate surface area is 193 Å². The summed E-state index contributed by atoms with van der Waals surface area (Å²) in [6.45, 7) is 2.18. The van der Waals surface area contributed by atoms with Crippen molar-refractivity contribution >= 4 is 27.5 Å². The molecule has 0 spiro atoms. The Morgan fingerprint density at radius 2 is 1.91 bits per heavy atom. The van der Waals surface area contributed by atoms with E-state index in [9.17, 15) is 13.2 Å². The average molecular weight is 481 g/mol. The maximum Gasteiger partial charge on any atom is 0.244 e. The zero-order valence-corrected chi connectivity index (χ0v) is 19.8. The van der Waals surface area contributed by atoms with Gasteiger partial charge in [-0.1, -0.05) is 42.4 Å². The standard InChI is InChI=1S/C22H29ClN4O4S/c1-15-24-21(26-31-15)16-10-11-19(23)20(13-16)32(29,30)27-12-6-7-17(14-27)22(28)25-18-8-4-2-3-5-9-18/h10-11,13,17-18H,2-9,12,14H2,1H3,(H,25,28). The number of carbonyl (C=O) groups is 1. The van der Waals surface area contributed by atoms with Crippen LogP contribution in [-0.2, 0) is 14.8 Å². The largest absolute Gasteiger partial charge is 0.353 e. The van der Waals surface area contributed by atoms with E-state index in [2.05, 4.69) is 15.5 Å². The lowest BCUT2D eigenvalue weighted by Crippen LogP contribution is -2.47. The van der Waals surface area contributed by atoms with Crippen LogP contribution in [0.25, 0.3) is 11.4 Å². The molecule has 1 N–H and O–H groups in total. The molecular weight excluding hydrogens is 452 g/mol. The summed E-state index contributed by atoms with van der Waals surface area (Å²) in [4.78, 5) is 17.1. The van der Waals surface area contributed by atoms with Crippen LogP contribution in [0.5, 0.6) is 0 Å². The van der Waals surface area contributed by atoms with Gasteiger partial charge < -0.3 is 9.84 Å². The first kappa shape index (κ1) is 23.2. The van der Waals surface area contributed by atoms with E-state index >= 15 is 0 Å². The van der Waals surface area contributed by atoms with Crippen LogP contribution in [0.3, 0.4) is 0 Å². The third kappa shape index (κ3) is 5.15. The predicted octanol–water partition coefficient (Wildman–Crippen LogP) is 3.94. The zero-order valence-electron chi connectivity index (χ0n) is 18.2. The van der Waals surface area contributed by atoms with Crippen molar-refractivity contribution in [3.8, 4) is 11.4 Å². The number of aryl methyl sites for hydroxylation is 1. The van der Waals surface area contributed by atoms with Crippen LogP contribution in [0.2, 0.25) is 5.02 Å². The van der Waals surface area contributed by atoms with E-state index in [-0.39, 0.29) is 34.3 Å². The Morgan fingerprint density at radius 3 is 2.59 bits per heavy atom. The number of piperidine rings is 1. The summed E-state index contributed by atoms with van der Waals surface area (Å²) in [5, 5.41) is 7.15. The first-order valence-electron chi connectivity index (χ1n) is 11.3. The molecule has 32 heavy (non-hydrogen) atoms. The quantitative estimate of drug-likeness (QED) is 0.650. The molecule has 2 heterocycles. The highest BCUT2D eigenvalue weighted by molar-refractivity contribution is 7.89. The Kier molecular flexibility index (Phi) is 7.17. The van der Waals surface area contributed by atoms with Crippen molar-refractivity contribution < 1.29 is 17.7 Å². The van der Waals surface area contributed by atoms with E-state index < -0.39 is 10.0 Å². The van der Waals surface area contributed by atoms with Crippen LogP contribution in [0.1, 0.15) is 57.3 Å². The molecule has 2 fully saturated rings. The number of amides is 1. The lowest BCUT2D eigenvalue weighted by molar-refractivity contribution is -0.126. The van der Waals surface area contributed by atoms with Crippen molar-refractivity contribution in [2.24, 2.45) is 5.92 Å². The van der Waals surface area contributed by atoms with Gasteiger partial charge in [-0.05, 0) is 43.9 Å². The molecule has 174 valence electrons. The summed E-state index contributed by atoms with van der Waals surface area (Å²) in [5.41, 5.74) is 0.504. The first-order valence-corrected chi connectivity index (χ1v) is 13.1. The van der Waals surface area contributed by atoms with Gasteiger partial charge in [-0.15, -0.1) is 0 Å². The Hall–Kier alpha value is -1.97. The third-order valence-corrected chi connectivity index (χ3v) is 8.64. The number of sulfonamides is 1. The number of hydrogen-bond acceptors (Lipinski definition) is 6. The van der Waals surface area contributed by atoms with Gasteiger partial charge in [-0.25, -0.2) is 8.42 Å². The van der Waals surface area contributed by atoms with Gasteiger partial charge in [0.05, 0.1) is 10.9 Å². The van der Waals surface area contributed by atoms with Crippen LogP contribution in [0.4, 0.5) is 0 Å². The molecule has 10 heteroatoms. The summed E-state index contributed by atoms with van der Waals surface area (Å²) >= 11 is 6.29. The van der Waals surface area contributed by atoms with Crippen LogP contribution >= 0.6 is 11.6 Å². The fraction of sp³-hybridized carbons (Fsp3) is 0.591. The molecule has 0 bridgehead atoms. The van der Waals surface area contributed by atoms with Gasteiger partial charge in [0, 0.05) is 31.6 Å². The minimum Gasteiger partial charge on any atom is -0.353 e. The molecule has 1 unspecified atom stereocenters. The SMILES string of the molecule is Cc1nc(-c2ccc(Cl)c(S(=O)(=O)N3CCCC(C(=O)NC4CCCCCC4)C3)c2)no1. The molecule has 1 aliphatic heterocycles. The van der Waals surface area contributed by atoms with Crippen molar-refractivity contribution in [1.82, 2.24) is 19.8 Å². The number of carbonyl (C=O) groups excluding carboxylic acids is 1. The number of rotatable bonds is 5. The van der Waals surface area contributed by atoms with Crippen molar-refractivity contribution in [3.63, 3.8) is 0 Å². The molecule has 1 aromatic carbocycles. The molecule has 2 aliphatic rings. The van der Waals surface area contributed by atoms with Crippen LogP contribution in [0.15, 0.2) is 27.6 Å². The van der Waals surface area contributed by atoms with E-state index in [4.69, 9.17) is 16.1 Å². The normalized spacial score (nSPS) is 21.2. The summed E-state index contributed by atoms with van der Waals surface area (Å²) in [5.74, 6) is 0.287. The molecule has 4 rings (SSSR count). The molecule has 1 amide bonds. The second kappa shape index (κ2) is 9.89. The summed E-state index contributed by atoms with van der Waals surface area (Å²) in [7, 11) is -3.89. The lowest BCUT2D eigenvalue weighted by atomic mass is 9.97. The maximum absolute atomic E-state index is 13.4. The zero-order chi connectivity index (χ0) is 22.7. The summed E-state index contributed by atoms with van der Waals surface area (Å²) in [6, 6.07) is 4.85. The molecule has 1 saturated heterocycles. The van der Waals surface area contributed by atoms with Gasteiger partial charge in [0.25, 0.3) is 0 Å². The molecule has 0 radical (unpaired) electrons. The van der Waals surface area contributed by atoms with Gasteiger partial charge >= 0.3 is 0 Å². The van der Waals surface area contributed by atoms with E-state index in [0.717, 1.165) is 25.7 Å². The van der Waals surface area contributed by atoms with E-state index in [1.165, 1.54) is 29.3 Å². The Bertz CT molecular complexity index is 1060. The smallest absolute Gasteiger partial charge is 0.244 e. The van der Waals surface area contributed by atoms with E-state index in [1.807, 2.05) is 0 Å². The second-order valence-corrected chi connectivity index (χ2v) is 11.0. The fourth-order valence-corrected chi connectivity index (χ4v) is 6.54. The fourth-order valence-electron chi connectivity index (χ4n) is 4.51. The monoisotopic (exact) mass is 480 g/mol. The second-order valence-electron chi connectivity index (χ2n) is 8.68. The number of benzene rings is 1. The number of nitrogens with zero attached hydrogens (tertiary/aromatic N) is 3. The lowest BCUT2D eigenvalue weighted by Gasteiger charge is -2.32. The van der Waals surface area contributed by atoms with Crippen molar-refractivity contribution in [1.29, 1.82) is 0 Å². The highest BCUT2D eigenvalue weighted by Crippen LogP contribution is 2.31. The predicted molar refractivity (Wildman–Crippen MR) is 121 cm³/mol. The summed E-state index contributed by atoms with van der Waals surface area (Å²) < 4.78 is 33.3. The molecular formula is C22H29ClN4O4S. The third-order valence-electron chi connectivity index (χ3n) is 6.29. The van der Waals surface area contributed by atoms with Crippen molar-refractivity contribution in [2.75, 3.05) is 13.1 Å². The first-order chi connectivity index (χ1) is 15.3. The molecule has 1 atom stereocenters. The van der Waals surface area contributed by atoms with Gasteiger partial charge in [0.2, 0.25) is 27.6 Å². The topological polar surface area (TPSA) is 105 Å². The Morgan fingerprint density at radius 1 is 1.16 bits per heavy atom. The number of aromatic nitrogens is 2. The number of nitrogens with one attached hydrogen (secondary N) is 1. The van der Waals surface area contributed by atoms with Gasteiger partial charge in [-0.3, -0.25) is 4.79 Å². The van der Waals surface area contributed by atoms with Gasteiger partial charge in [-0.2, -0.15) is 9.29 Å². The maximum atomic E-state index is 13.4. The minimum atomic E-state index is -3.89. The van der Waals surface area contributed by atoms with Gasteiger partial charge in [0.1, 0.15) is 4.90 Å². The number of hydrogen-bond donors (Lipinski definition) is 1. The Balaban J connectivity index is 1.50. The van der Waals surface area contributed by atoms with Crippen LogP contribution in [-0.4, -0.2) is 47.9 Å². The van der Waals surface area contributed by atoms with Crippen LogP contribution < -0.4 is 5.32 Å². The average Bonchev–Trinajstić information content (AvgIpc) is 3.05. The highest BCUT2D eigenvalue weighted by Gasteiger charge is 2.35. The van der Waals surface area contributed by atoms with Crippen molar-refractivity contribution in [3.05, 3.63) is 29.1 Å². The van der Waals surface area contributed by atoms with E-state index in [0.29, 0.717) is 36.7 Å². The molecule has 2 aromatic rings. The molecule has 1 saturated carbocycles. The molecule has 1 aromatic heterocycles. The number of halogens is 1. The minimum absolute atomic E-state index is 0.0102. The van der Waals surface area contributed by atoms with Crippen molar-refractivity contribution in [2.45, 2.75) is 69.2 Å². The van der Waals surface area contributed by atoms with Gasteiger partial charge in [0.15, 0.2) is 0 Å². The van der Waals surface area contributed by atoms with E-state index in [1.54, 1.807) is 13.0 Å². The highest BCUT2D eigenvalue weighted by atomic mass is 35.5. The molecule has 1 aliphatic carbocycles.